The fraction of sp³-hybridized carbons (Fsp3) is 0.677. The standard InChI is InChI=1S/C31H45ClFN5O5Si/c1-16-19-20-25(35-22(16)26(39)34-9)37-14-31(15-41-44(10,11)30(6,7)8)13-12-18(38(31)28(40)43-29(3,4)5)23(37)17(2)42-27(20)36-24(32)21(19)33/h17-18,23H,12-15H2,1-11H3,(H,34,39)/t17-,18-,23+,31+/m0/s1. The second-order valence-electron chi connectivity index (χ2n) is 14.9. The van der Waals surface area contributed by atoms with Crippen LogP contribution in [0.5, 0.6) is 5.88 Å². The van der Waals surface area contributed by atoms with Gasteiger partial charge < -0.3 is 24.1 Å². The number of hydrogen-bond acceptors (Lipinski definition) is 8. The van der Waals surface area contributed by atoms with Crippen molar-refractivity contribution in [3.8, 4) is 5.88 Å². The number of nitrogens with zero attached hydrogens (tertiary/aromatic N) is 4. The Hall–Kier alpha value is -2.70. The molecule has 2 amide bonds. The molecule has 5 rings (SSSR count). The van der Waals surface area contributed by atoms with Gasteiger partial charge in [0, 0.05) is 19.0 Å². The van der Waals surface area contributed by atoms with Gasteiger partial charge in [-0.05, 0) is 71.2 Å². The number of nitrogens with one attached hydrogen (secondary N) is 1. The number of rotatable bonds is 4. The van der Waals surface area contributed by atoms with Crippen molar-refractivity contribution in [3.05, 3.63) is 22.2 Å². The van der Waals surface area contributed by atoms with E-state index in [1.165, 1.54) is 7.05 Å². The molecule has 2 aromatic rings. The van der Waals surface area contributed by atoms with Crippen LogP contribution in [0.2, 0.25) is 23.3 Å². The number of piperazine rings is 1. The predicted molar refractivity (Wildman–Crippen MR) is 171 cm³/mol. The van der Waals surface area contributed by atoms with E-state index in [2.05, 4.69) is 49.1 Å². The van der Waals surface area contributed by atoms with Gasteiger partial charge in [-0.1, -0.05) is 32.4 Å². The highest BCUT2D eigenvalue weighted by molar-refractivity contribution is 6.74. The summed E-state index contributed by atoms with van der Waals surface area (Å²) in [7, 11) is -0.725. The minimum atomic E-state index is -2.23. The summed E-state index contributed by atoms with van der Waals surface area (Å²) in [5.74, 6) is -0.661. The van der Waals surface area contributed by atoms with Crippen LogP contribution in [0.25, 0.3) is 10.8 Å². The molecule has 0 aromatic carbocycles. The molecular formula is C31H45ClFN5O5Si. The van der Waals surface area contributed by atoms with Crippen molar-refractivity contribution < 1.29 is 27.9 Å². The Labute approximate surface area is 265 Å². The second-order valence-corrected chi connectivity index (χ2v) is 20.1. The van der Waals surface area contributed by atoms with Crippen LogP contribution in [-0.2, 0) is 9.16 Å². The summed E-state index contributed by atoms with van der Waals surface area (Å²) in [5.41, 5.74) is -1.05. The van der Waals surface area contributed by atoms with E-state index in [1.54, 1.807) is 6.92 Å². The average molecular weight is 650 g/mol. The van der Waals surface area contributed by atoms with Crippen LogP contribution >= 0.6 is 11.6 Å². The molecule has 0 aliphatic carbocycles. The Morgan fingerprint density at radius 1 is 1.18 bits per heavy atom. The van der Waals surface area contributed by atoms with Crippen LogP contribution in [0.3, 0.4) is 0 Å². The Morgan fingerprint density at radius 3 is 2.43 bits per heavy atom. The molecule has 44 heavy (non-hydrogen) atoms. The fourth-order valence-electron chi connectivity index (χ4n) is 6.58. The first-order valence-corrected chi connectivity index (χ1v) is 18.5. The molecule has 2 fully saturated rings. The van der Waals surface area contributed by atoms with Gasteiger partial charge in [0.2, 0.25) is 5.88 Å². The van der Waals surface area contributed by atoms with E-state index in [0.29, 0.717) is 42.8 Å². The van der Waals surface area contributed by atoms with Gasteiger partial charge in [-0.15, -0.1) is 0 Å². The molecule has 3 aliphatic heterocycles. The Bertz CT molecular complexity index is 1530. The highest BCUT2D eigenvalue weighted by atomic mass is 35.5. The quantitative estimate of drug-likeness (QED) is 0.307. The number of aryl methyl sites for hydroxylation is 1. The third kappa shape index (κ3) is 5.20. The number of pyridine rings is 2. The number of amides is 2. The molecule has 3 aliphatic rings. The SMILES string of the molecule is CNC(=O)c1nc2c3c(nc(Cl)c(F)c3c1C)O[C@@H](C)[C@@H]1[C@@H]3CC[C@](CO[Si](C)(C)C(C)(C)C)(CN21)N3C(=O)OC(C)(C)C. The maximum Gasteiger partial charge on any atom is 0.411 e. The number of hydrogen-bond donors (Lipinski definition) is 1. The monoisotopic (exact) mass is 649 g/mol. The minimum absolute atomic E-state index is 0.0466. The van der Waals surface area contributed by atoms with Gasteiger partial charge in [-0.25, -0.2) is 14.2 Å². The van der Waals surface area contributed by atoms with Gasteiger partial charge >= 0.3 is 6.09 Å². The summed E-state index contributed by atoms with van der Waals surface area (Å²) >= 11 is 6.29. The van der Waals surface area contributed by atoms with Crippen LogP contribution in [0.15, 0.2) is 0 Å². The molecule has 1 N–H and O–H groups in total. The van der Waals surface area contributed by atoms with E-state index < -0.39 is 49.4 Å². The number of fused-ring (bicyclic) bond motifs is 5. The van der Waals surface area contributed by atoms with Gasteiger partial charge in [0.15, 0.2) is 19.3 Å². The maximum absolute atomic E-state index is 15.8. The Balaban J connectivity index is 1.73. The van der Waals surface area contributed by atoms with Gasteiger partial charge in [-0.3, -0.25) is 9.69 Å². The maximum atomic E-state index is 15.8. The van der Waals surface area contributed by atoms with Crippen molar-refractivity contribution in [1.29, 1.82) is 0 Å². The zero-order valence-electron chi connectivity index (χ0n) is 27.6. The van der Waals surface area contributed by atoms with Crippen LogP contribution in [0.1, 0.15) is 77.4 Å². The molecule has 2 saturated heterocycles. The van der Waals surface area contributed by atoms with Crippen molar-refractivity contribution in [1.82, 2.24) is 20.2 Å². The number of carbonyl (C=O) groups is 2. The molecule has 0 radical (unpaired) electrons. The lowest BCUT2D eigenvalue weighted by Crippen LogP contribution is -2.72. The molecule has 13 heteroatoms. The zero-order chi connectivity index (χ0) is 32.7. The number of anilines is 1. The largest absolute Gasteiger partial charge is 0.472 e. The topological polar surface area (TPSA) is 106 Å². The molecule has 0 saturated carbocycles. The zero-order valence-corrected chi connectivity index (χ0v) is 29.4. The normalized spacial score (nSPS) is 25.0. The van der Waals surface area contributed by atoms with E-state index in [9.17, 15) is 9.59 Å². The molecule has 0 unspecified atom stereocenters. The Kier molecular flexibility index (Phi) is 7.94. The molecule has 2 bridgehead atoms. The second kappa shape index (κ2) is 10.7. The third-order valence-corrected chi connectivity index (χ3v) is 14.5. The first kappa shape index (κ1) is 32.7. The Morgan fingerprint density at radius 2 is 1.84 bits per heavy atom. The minimum Gasteiger partial charge on any atom is -0.472 e. The number of ether oxygens (including phenoxy) is 2. The summed E-state index contributed by atoms with van der Waals surface area (Å²) < 4.78 is 35.1. The summed E-state index contributed by atoms with van der Waals surface area (Å²) in [5, 5.41) is 2.73. The summed E-state index contributed by atoms with van der Waals surface area (Å²) in [4.78, 5) is 40.2. The summed E-state index contributed by atoms with van der Waals surface area (Å²) in [6, 6.07) is -0.745. The molecule has 2 aromatic heterocycles. The molecule has 5 heterocycles. The number of aromatic nitrogens is 2. The van der Waals surface area contributed by atoms with E-state index in [1.807, 2.05) is 32.6 Å². The van der Waals surface area contributed by atoms with Gasteiger partial charge in [-0.2, -0.15) is 4.98 Å². The number of carbonyl (C=O) groups excluding carboxylic acids is 2. The van der Waals surface area contributed by atoms with E-state index in [0.717, 1.165) is 0 Å². The first-order chi connectivity index (χ1) is 20.2. The van der Waals surface area contributed by atoms with Crippen molar-refractivity contribution in [2.45, 2.75) is 116 Å². The summed E-state index contributed by atoms with van der Waals surface area (Å²) in [6.45, 7) is 20.7. The summed E-state index contributed by atoms with van der Waals surface area (Å²) in [6.07, 6.45) is 0.429. The smallest absolute Gasteiger partial charge is 0.411 e. The van der Waals surface area contributed by atoms with Crippen molar-refractivity contribution in [2.24, 2.45) is 0 Å². The van der Waals surface area contributed by atoms with Crippen LogP contribution < -0.4 is 15.0 Å². The molecule has 4 atom stereocenters. The molecule has 242 valence electrons. The lowest BCUT2D eigenvalue weighted by molar-refractivity contribution is -0.0328. The lowest BCUT2D eigenvalue weighted by atomic mass is 9.92. The first-order valence-electron chi connectivity index (χ1n) is 15.2. The molecule has 10 nitrogen and oxygen atoms in total. The van der Waals surface area contributed by atoms with Gasteiger partial charge in [0.25, 0.3) is 5.91 Å². The van der Waals surface area contributed by atoms with Crippen molar-refractivity contribution in [3.63, 3.8) is 0 Å². The predicted octanol–water partition coefficient (Wildman–Crippen LogP) is 6.22. The van der Waals surface area contributed by atoms with Crippen LogP contribution in [0, 0.1) is 12.7 Å². The van der Waals surface area contributed by atoms with E-state index in [-0.39, 0.29) is 33.2 Å². The lowest BCUT2D eigenvalue weighted by Gasteiger charge is -2.54. The van der Waals surface area contributed by atoms with Crippen LogP contribution in [-0.4, -0.2) is 84.7 Å². The van der Waals surface area contributed by atoms with E-state index >= 15 is 4.39 Å². The molecular weight excluding hydrogens is 605 g/mol. The van der Waals surface area contributed by atoms with Crippen LogP contribution in [0.4, 0.5) is 15.0 Å². The van der Waals surface area contributed by atoms with E-state index in [4.69, 9.17) is 30.5 Å². The highest BCUT2D eigenvalue weighted by Crippen LogP contribution is 2.51. The van der Waals surface area contributed by atoms with Gasteiger partial charge in [0.05, 0.1) is 29.6 Å². The average Bonchev–Trinajstić information content (AvgIpc) is 3.11. The third-order valence-electron chi connectivity index (χ3n) is 9.79. The van der Waals surface area contributed by atoms with Crippen molar-refractivity contribution >= 4 is 48.5 Å². The van der Waals surface area contributed by atoms with Crippen molar-refractivity contribution in [2.75, 3.05) is 25.1 Å². The van der Waals surface area contributed by atoms with Gasteiger partial charge in [0.1, 0.15) is 23.2 Å². The fourth-order valence-corrected chi connectivity index (χ4v) is 7.82. The number of halogens is 2. The molecule has 0 spiro atoms. The highest BCUT2D eigenvalue weighted by Gasteiger charge is 2.61.